The Morgan fingerprint density at radius 1 is 1.32 bits per heavy atom. The minimum Gasteiger partial charge on any atom is -0.399 e. The van der Waals surface area contributed by atoms with Gasteiger partial charge >= 0.3 is 0 Å². The number of aromatic nitrogens is 2. The van der Waals surface area contributed by atoms with Crippen LogP contribution in [0.2, 0.25) is 0 Å². The highest BCUT2D eigenvalue weighted by molar-refractivity contribution is 5.54. The number of hydrogen-bond acceptors (Lipinski definition) is 2. The Morgan fingerprint density at radius 3 is 2.79 bits per heavy atom. The third-order valence-electron chi connectivity index (χ3n) is 3.85. The molecule has 0 bridgehead atoms. The largest absolute Gasteiger partial charge is 0.399 e. The van der Waals surface area contributed by atoms with E-state index in [9.17, 15) is 0 Å². The number of nitrogen functional groups attached to an aromatic ring is 1. The Morgan fingerprint density at radius 2 is 2.11 bits per heavy atom. The first-order chi connectivity index (χ1) is 9.22. The van der Waals surface area contributed by atoms with Crippen molar-refractivity contribution in [2.45, 2.75) is 25.4 Å². The monoisotopic (exact) mass is 257 g/mol. The average molecular weight is 257 g/mol. The van der Waals surface area contributed by atoms with Crippen LogP contribution in [0, 0.1) is 0 Å². The number of anilines is 2. The van der Waals surface area contributed by atoms with Crippen LogP contribution in [0.1, 0.15) is 12.8 Å². The highest BCUT2D eigenvalue weighted by Crippen LogP contribution is 2.27. The maximum Gasteiger partial charge on any atom is 0.243 e. The van der Waals surface area contributed by atoms with E-state index in [4.69, 9.17) is 5.73 Å². The van der Waals surface area contributed by atoms with Gasteiger partial charge in [0.15, 0.2) is 0 Å². The van der Waals surface area contributed by atoms with Gasteiger partial charge in [-0.15, -0.1) is 0 Å². The fourth-order valence-corrected chi connectivity index (χ4v) is 2.88. The molecular weight excluding hydrogens is 236 g/mol. The van der Waals surface area contributed by atoms with Crippen LogP contribution in [0.3, 0.4) is 0 Å². The lowest BCUT2D eigenvalue weighted by atomic mass is 10.2. The number of aryl methyl sites for hydroxylation is 1. The molecule has 1 saturated heterocycles. The summed E-state index contributed by atoms with van der Waals surface area (Å²) in [4.78, 5) is 2.50. The topological polar surface area (TPSA) is 38.1 Å². The fourth-order valence-electron chi connectivity index (χ4n) is 2.88. The van der Waals surface area contributed by atoms with E-state index in [1.807, 2.05) is 12.1 Å². The first kappa shape index (κ1) is 12.1. The van der Waals surface area contributed by atoms with Gasteiger partial charge in [0.25, 0.3) is 0 Å². The molecule has 100 valence electrons. The van der Waals surface area contributed by atoms with Crippen molar-refractivity contribution < 1.29 is 4.57 Å². The van der Waals surface area contributed by atoms with Gasteiger partial charge in [0.2, 0.25) is 6.33 Å². The number of benzene rings is 1. The zero-order valence-corrected chi connectivity index (χ0v) is 11.4. The Hall–Kier alpha value is -1.97. The van der Waals surface area contributed by atoms with Gasteiger partial charge < -0.3 is 10.6 Å². The van der Waals surface area contributed by atoms with Gasteiger partial charge in [-0.25, -0.2) is 9.13 Å². The van der Waals surface area contributed by atoms with Crippen LogP contribution in [0.5, 0.6) is 0 Å². The molecule has 3 rings (SSSR count). The molecule has 19 heavy (non-hydrogen) atoms. The maximum atomic E-state index is 5.76. The molecule has 1 aliphatic rings. The summed E-state index contributed by atoms with van der Waals surface area (Å²) in [6.07, 6.45) is 8.89. The van der Waals surface area contributed by atoms with Crippen molar-refractivity contribution in [1.82, 2.24) is 4.57 Å². The molecule has 1 aromatic carbocycles. The minimum absolute atomic E-state index is 0.580. The Labute approximate surface area is 114 Å². The van der Waals surface area contributed by atoms with Gasteiger partial charge in [0, 0.05) is 17.9 Å². The molecule has 0 spiro atoms. The summed E-state index contributed by atoms with van der Waals surface area (Å²) < 4.78 is 4.35. The lowest BCUT2D eigenvalue weighted by Gasteiger charge is -2.25. The van der Waals surface area contributed by atoms with Crippen molar-refractivity contribution >= 4 is 11.4 Å². The molecule has 1 aromatic heterocycles. The second-order valence-electron chi connectivity index (χ2n) is 5.36. The second-order valence-corrected chi connectivity index (χ2v) is 5.36. The van der Waals surface area contributed by atoms with Crippen LogP contribution in [0.25, 0.3) is 0 Å². The highest BCUT2D eigenvalue weighted by atomic mass is 15.2. The van der Waals surface area contributed by atoms with Crippen molar-refractivity contribution in [2.75, 3.05) is 17.2 Å². The van der Waals surface area contributed by atoms with Crippen LogP contribution in [-0.4, -0.2) is 17.2 Å². The van der Waals surface area contributed by atoms with E-state index in [1.54, 1.807) is 0 Å². The molecular formula is C15H21N4+. The third-order valence-corrected chi connectivity index (χ3v) is 3.85. The van der Waals surface area contributed by atoms with Gasteiger partial charge in [-0.05, 0) is 37.1 Å². The van der Waals surface area contributed by atoms with Gasteiger partial charge in [-0.3, -0.25) is 0 Å². The molecule has 4 nitrogen and oxygen atoms in total. The number of hydrogen-bond donors (Lipinski definition) is 1. The zero-order valence-electron chi connectivity index (χ0n) is 11.4. The molecule has 0 radical (unpaired) electrons. The first-order valence-electron chi connectivity index (χ1n) is 6.85. The molecule has 1 aliphatic heterocycles. The molecule has 4 heteroatoms. The van der Waals surface area contributed by atoms with Crippen molar-refractivity contribution in [3.63, 3.8) is 0 Å². The van der Waals surface area contributed by atoms with Crippen molar-refractivity contribution in [3.05, 3.63) is 43.0 Å². The molecule has 0 saturated carbocycles. The van der Waals surface area contributed by atoms with E-state index < -0.39 is 0 Å². The maximum absolute atomic E-state index is 5.76. The molecule has 0 unspecified atom stereocenters. The van der Waals surface area contributed by atoms with Crippen LogP contribution >= 0.6 is 0 Å². The highest BCUT2D eigenvalue weighted by Gasteiger charge is 2.26. The van der Waals surface area contributed by atoms with E-state index in [0.29, 0.717) is 6.04 Å². The summed E-state index contributed by atoms with van der Waals surface area (Å²) in [7, 11) is 2.06. The van der Waals surface area contributed by atoms with E-state index in [1.165, 1.54) is 18.5 Å². The van der Waals surface area contributed by atoms with Crippen molar-refractivity contribution in [3.8, 4) is 0 Å². The molecule has 2 heterocycles. The quantitative estimate of drug-likeness (QED) is 0.669. The van der Waals surface area contributed by atoms with E-state index >= 15 is 0 Å². The van der Waals surface area contributed by atoms with Gasteiger partial charge in [0.1, 0.15) is 18.9 Å². The molecule has 1 atom stereocenters. The summed E-state index contributed by atoms with van der Waals surface area (Å²) in [6.45, 7) is 2.19. The predicted octanol–water partition coefficient (Wildman–Crippen LogP) is 1.56. The van der Waals surface area contributed by atoms with Crippen LogP contribution in [0.4, 0.5) is 11.4 Å². The lowest BCUT2D eigenvalue weighted by Crippen LogP contribution is -2.33. The van der Waals surface area contributed by atoms with Crippen molar-refractivity contribution in [2.24, 2.45) is 7.05 Å². The van der Waals surface area contributed by atoms with Crippen molar-refractivity contribution in [1.29, 1.82) is 0 Å². The molecule has 2 aromatic rings. The molecule has 2 N–H and O–H groups in total. The summed E-state index contributed by atoms with van der Waals surface area (Å²) in [5.74, 6) is 0. The Bertz CT molecular complexity index is 544. The number of rotatable bonds is 3. The smallest absolute Gasteiger partial charge is 0.243 e. The summed E-state index contributed by atoms with van der Waals surface area (Å²) in [5.41, 5.74) is 7.88. The van der Waals surface area contributed by atoms with E-state index in [2.05, 4.69) is 51.9 Å². The summed E-state index contributed by atoms with van der Waals surface area (Å²) in [5, 5.41) is 0. The van der Waals surface area contributed by atoms with Crippen LogP contribution < -0.4 is 15.2 Å². The number of nitrogens with two attached hydrogens (primary N) is 1. The SMILES string of the molecule is C[n+]1ccn(C[C@@H]2CCCN2c2ccc(N)cc2)c1. The number of imidazole rings is 1. The lowest BCUT2D eigenvalue weighted by molar-refractivity contribution is -0.671. The zero-order chi connectivity index (χ0) is 13.2. The van der Waals surface area contributed by atoms with Crippen LogP contribution in [0.15, 0.2) is 43.0 Å². The van der Waals surface area contributed by atoms with Crippen LogP contribution in [-0.2, 0) is 13.6 Å². The summed E-state index contributed by atoms with van der Waals surface area (Å²) >= 11 is 0. The Kier molecular flexibility index (Phi) is 3.15. The van der Waals surface area contributed by atoms with E-state index in [0.717, 1.165) is 18.8 Å². The fraction of sp³-hybridized carbons (Fsp3) is 0.400. The third kappa shape index (κ3) is 2.57. The molecule has 1 fully saturated rings. The second kappa shape index (κ2) is 4.96. The normalized spacial score (nSPS) is 19.0. The van der Waals surface area contributed by atoms with Gasteiger partial charge in [-0.2, -0.15) is 0 Å². The summed E-state index contributed by atoms with van der Waals surface area (Å²) in [6, 6.07) is 8.81. The molecule has 0 aliphatic carbocycles. The molecule has 0 amide bonds. The average Bonchev–Trinajstić information content (AvgIpc) is 3.00. The Balaban J connectivity index is 1.76. The van der Waals surface area contributed by atoms with E-state index in [-0.39, 0.29) is 0 Å². The minimum atomic E-state index is 0.580. The number of nitrogens with zero attached hydrogens (tertiary/aromatic N) is 3. The standard InChI is InChI=1S/C15H21N4/c1-17-9-10-18(12-17)11-15-3-2-8-19(15)14-6-4-13(16)5-7-14/h4-7,9-10,12,15H,2-3,8,11,16H2,1H3/q+1/t15-/m0/s1. The first-order valence-corrected chi connectivity index (χ1v) is 6.85. The van der Waals surface area contributed by atoms with Gasteiger partial charge in [0.05, 0.1) is 13.1 Å². The van der Waals surface area contributed by atoms with Gasteiger partial charge in [-0.1, -0.05) is 0 Å². The predicted molar refractivity (Wildman–Crippen MR) is 76.8 cm³/mol.